The van der Waals surface area contributed by atoms with Crippen LogP contribution in [0, 0.1) is 6.92 Å². The molecule has 3 aromatic rings. The van der Waals surface area contributed by atoms with E-state index in [0.717, 1.165) is 16.9 Å². The summed E-state index contributed by atoms with van der Waals surface area (Å²) in [5.41, 5.74) is 4.18. The SMILES string of the molecule is CCOC(=O)c1c(C)n(-c2ccc(NC(C)=O)cc2)c2ccc(O)c(CN(C)C)c12.Cl. The predicted octanol–water partition coefficient (Wildman–Crippen LogP) is 4.26. The van der Waals surface area contributed by atoms with E-state index in [4.69, 9.17) is 4.74 Å². The van der Waals surface area contributed by atoms with Gasteiger partial charge in [0.1, 0.15) is 5.75 Å². The summed E-state index contributed by atoms with van der Waals surface area (Å²) in [6, 6.07) is 10.8. The van der Waals surface area contributed by atoms with Crippen LogP contribution in [0.5, 0.6) is 5.75 Å². The molecule has 8 heteroatoms. The summed E-state index contributed by atoms with van der Waals surface area (Å²) in [6.07, 6.45) is 0. The number of carbonyl (C=O) groups is 2. The molecule has 0 radical (unpaired) electrons. The fourth-order valence-corrected chi connectivity index (χ4v) is 3.72. The standard InChI is InChI=1S/C23H27N3O4.ClH/c1-6-30-23(29)21-14(2)26(17-9-7-16(8-10-17)24-15(3)27)19-11-12-20(28)18(22(19)21)13-25(4)5;/h7-12,28H,6,13H2,1-5H3,(H,24,27);1H. The summed E-state index contributed by atoms with van der Waals surface area (Å²) in [6.45, 7) is 5.83. The summed E-state index contributed by atoms with van der Waals surface area (Å²) in [4.78, 5) is 26.1. The first kappa shape index (κ1) is 24.2. The van der Waals surface area contributed by atoms with Crippen LogP contribution in [0.4, 0.5) is 5.69 Å². The smallest absolute Gasteiger partial charge is 0.340 e. The molecule has 0 saturated heterocycles. The minimum Gasteiger partial charge on any atom is -0.508 e. The molecule has 3 rings (SSSR count). The van der Waals surface area contributed by atoms with E-state index in [1.165, 1.54) is 6.92 Å². The number of carbonyl (C=O) groups excluding carboxylic acids is 2. The Morgan fingerprint density at radius 2 is 1.77 bits per heavy atom. The van der Waals surface area contributed by atoms with Gasteiger partial charge in [-0.3, -0.25) is 4.79 Å². The molecule has 31 heavy (non-hydrogen) atoms. The van der Waals surface area contributed by atoms with Crippen molar-refractivity contribution in [2.75, 3.05) is 26.0 Å². The summed E-state index contributed by atoms with van der Waals surface area (Å²) < 4.78 is 7.30. The summed E-state index contributed by atoms with van der Waals surface area (Å²) in [5, 5.41) is 14.0. The van der Waals surface area contributed by atoms with Crippen molar-refractivity contribution in [2.45, 2.75) is 27.3 Å². The quantitative estimate of drug-likeness (QED) is 0.554. The Morgan fingerprint density at radius 3 is 2.32 bits per heavy atom. The van der Waals surface area contributed by atoms with E-state index in [1.807, 2.05) is 54.8 Å². The maximum atomic E-state index is 12.9. The van der Waals surface area contributed by atoms with E-state index in [0.29, 0.717) is 28.7 Å². The fraction of sp³-hybridized carbons (Fsp3) is 0.304. The van der Waals surface area contributed by atoms with E-state index in [-0.39, 0.29) is 30.7 Å². The van der Waals surface area contributed by atoms with Crippen molar-refractivity contribution in [3.63, 3.8) is 0 Å². The second kappa shape index (κ2) is 9.85. The molecule has 0 unspecified atom stereocenters. The van der Waals surface area contributed by atoms with Crippen LogP contribution in [0.1, 0.15) is 35.5 Å². The number of esters is 1. The first-order valence-corrected chi connectivity index (χ1v) is 9.80. The molecule has 7 nitrogen and oxygen atoms in total. The molecule has 1 heterocycles. The number of fused-ring (bicyclic) bond motifs is 1. The van der Waals surface area contributed by atoms with Crippen LogP contribution in [0.15, 0.2) is 36.4 Å². The normalized spacial score (nSPS) is 10.8. The van der Waals surface area contributed by atoms with Crippen LogP contribution in [-0.2, 0) is 16.1 Å². The van der Waals surface area contributed by atoms with Crippen molar-refractivity contribution in [2.24, 2.45) is 0 Å². The molecule has 0 aliphatic rings. The Kier molecular flexibility index (Phi) is 7.70. The zero-order chi connectivity index (χ0) is 22.0. The van der Waals surface area contributed by atoms with Crippen LogP contribution >= 0.6 is 12.4 Å². The van der Waals surface area contributed by atoms with Crippen molar-refractivity contribution in [3.05, 3.63) is 53.2 Å². The second-order valence-corrected chi connectivity index (χ2v) is 7.44. The van der Waals surface area contributed by atoms with Gasteiger partial charge in [0.05, 0.1) is 17.7 Å². The molecule has 2 aromatic carbocycles. The van der Waals surface area contributed by atoms with Crippen molar-refractivity contribution in [1.82, 2.24) is 9.47 Å². The van der Waals surface area contributed by atoms with Gasteiger partial charge < -0.3 is 24.6 Å². The number of hydrogen-bond donors (Lipinski definition) is 2. The number of hydrogen-bond acceptors (Lipinski definition) is 5. The number of ether oxygens (including phenoxy) is 1. The van der Waals surface area contributed by atoms with E-state index in [9.17, 15) is 14.7 Å². The van der Waals surface area contributed by atoms with Crippen molar-refractivity contribution >= 4 is 40.9 Å². The van der Waals surface area contributed by atoms with Gasteiger partial charge in [0.2, 0.25) is 5.91 Å². The third-order valence-corrected chi connectivity index (χ3v) is 4.85. The molecule has 2 N–H and O–H groups in total. The van der Waals surface area contributed by atoms with Crippen LogP contribution in [0.2, 0.25) is 0 Å². The molecule has 0 bridgehead atoms. The lowest BCUT2D eigenvalue weighted by Gasteiger charge is -2.14. The van der Waals surface area contributed by atoms with Gasteiger partial charge in [0.25, 0.3) is 0 Å². The zero-order valence-corrected chi connectivity index (χ0v) is 19.2. The first-order valence-electron chi connectivity index (χ1n) is 9.80. The average Bonchev–Trinajstić information content (AvgIpc) is 2.96. The van der Waals surface area contributed by atoms with Gasteiger partial charge in [-0.25, -0.2) is 4.79 Å². The average molecular weight is 446 g/mol. The Labute approximate surface area is 188 Å². The molecule has 0 fully saturated rings. The Balaban J connectivity index is 0.00000341. The molecule has 0 saturated carbocycles. The Bertz CT molecular complexity index is 1100. The lowest BCUT2D eigenvalue weighted by molar-refractivity contribution is -0.114. The highest BCUT2D eigenvalue weighted by molar-refractivity contribution is 6.08. The van der Waals surface area contributed by atoms with Gasteiger partial charge in [-0.2, -0.15) is 0 Å². The minimum absolute atomic E-state index is 0. The predicted molar refractivity (Wildman–Crippen MR) is 125 cm³/mol. The number of nitrogens with zero attached hydrogens (tertiary/aromatic N) is 2. The number of rotatable bonds is 6. The molecule has 166 valence electrons. The number of amides is 1. The number of phenols is 1. The van der Waals surface area contributed by atoms with Gasteiger partial charge >= 0.3 is 5.97 Å². The highest BCUT2D eigenvalue weighted by Gasteiger charge is 2.25. The monoisotopic (exact) mass is 445 g/mol. The number of halogens is 1. The van der Waals surface area contributed by atoms with Crippen LogP contribution < -0.4 is 5.32 Å². The van der Waals surface area contributed by atoms with Crippen molar-refractivity contribution in [1.29, 1.82) is 0 Å². The van der Waals surface area contributed by atoms with Gasteiger partial charge in [0, 0.05) is 41.5 Å². The molecular formula is C23H28ClN3O4. The number of benzene rings is 2. The maximum absolute atomic E-state index is 12.9. The lowest BCUT2D eigenvalue weighted by atomic mass is 10.0. The van der Waals surface area contributed by atoms with Crippen molar-refractivity contribution in [3.8, 4) is 11.4 Å². The largest absolute Gasteiger partial charge is 0.508 e. The van der Waals surface area contributed by atoms with Gasteiger partial charge in [-0.15, -0.1) is 12.4 Å². The number of nitrogens with one attached hydrogen (secondary N) is 1. The summed E-state index contributed by atoms with van der Waals surface area (Å²) >= 11 is 0. The molecule has 1 amide bonds. The lowest BCUT2D eigenvalue weighted by Crippen LogP contribution is -2.12. The Morgan fingerprint density at radius 1 is 1.13 bits per heavy atom. The number of anilines is 1. The minimum atomic E-state index is -0.417. The van der Waals surface area contributed by atoms with E-state index < -0.39 is 5.97 Å². The van der Waals surface area contributed by atoms with E-state index in [2.05, 4.69) is 5.32 Å². The fourth-order valence-electron chi connectivity index (χ4n) is 3.72. The Hall–Kier alpha value is -3.03. The van der Waals surface area contributed by atoms with E-state index >= 15 is 0 Å². The molecule has 1 aromatic heterocycles. The van der Waals surface area contributed by atoms with Gasteiger partial charge in [0.15, 0.2) is 0 Å². The number of aromatic nitrogens is 1. The number of aromatic hydroxyl groups is 1. The second-order valence-electron chi connectivity index (χ2n) is 7.44. The molecule has 0 atom stereocenters. The topological polar surface area (TPSA) is 83.8 Å². The molecule has 0 aliphatic carbocycles. The maximum Gasteiger partial charge on any atom is 0.340 e. The molecular weight excluding hydrogens is 418 g/mol. The van der Waals surface area contributed by atoms with Crippen molar-refractivity contribution < 1.29 is 19.4 Å². The molecule has 0 spiro atoms. The number of phenolic OH excluding ortho intramolecular Hbond substituents is 1. The summed E-state index contributed by atoms with van der Waals surface area (Å²) in [7, 11) is 3.82. The molecule has 0 aliphatic heterocycles. The first-order chi connectivity index (χ1) is 14.2. The van der Waals surface area contributed by atoms with Gasteiger partial charge in [-0.05, 0) is 64.3 Å². The zero-order valence-electron chi connectivity index (χ0n) is 18.4. The van der Waals surface area contributed by atoms with Crippen LogP contribution in [0.3, 0.4) is 0 Å². The van der Waals surface area contributed by atoms with Gasteiger partial charge in [-0.1, -0.05) is 0 Å². The third kappa shape index (κ3) is 4.84. The van der Waals surface area contributed by atoms with Crippen LogP contribution in [-0.4, -0.2) is 47.2 Å². The van der Waals surface area contributed by atoms with Crippen LogP contribution in [0.25, 0.3) is 16.6 Å². The highest BCUT2D eigenvalue weighted by Crippen LogP contribution is 2.37. The third-order valence-electron chi connectivity index (χ3n) is 4.85. The summed E-state index contributed by atoms with van der Waals surface area (Å²) in [5.74, 6) is -0.419. The highest BCUT2D eigenvalue weighted by atomic mass is 35.5. The van der Waals surface area contributed by atoms with E-state index in [1.54, 1.807) is 19.1 Å².